The highest BCUT2D eigenvalue weighted by Gasteiger charge is 2.10. The summed E-state index contributed by atoms with van der Waals surface area (Å²) in [5, 5.41) is 4.38. The molecule has 1 atom stereocenters. The standard InChI is InChI=1S/C11H14N2S/c1-9-7-8-14-11(12-9)13-10-5-3-2-4-6-10/h2-6,9H,7-8H2,1H3,(H,12,13). The van der Waals surface area contributed by atoms with E-state index >= 15 is 0 Å². The first kappa shape index (κ1) is 9.59. The molecule has 0 amide bonds. The highest BCUT2D eigenvalue weighted by atomic mass is 32.2. The van der Waals surface area contributed by atoms with Crippen molar-refractivity contribution in [3.05, 3.63) is 30.3 Å². The monoisotopic (exact) mass is 206 g/mol. The van der Waals surface area contributed by atoms with Gasteiger partial charge in [0.15, 0.2) is 5.17 Å². The van der Waals surface area contributed by atoms with Crippen LogP contribution in [0.5, 0.6) is 0 Å². The Balaban J connectivity index is 2.04. The number of hydrogen-bond acceptors (Lipinski definition) is 3. The SMILES string of the molecule is CC1CCSC(Nc2ccccc2)=N1. The second-order valence-corrected chi connectivity index (χ2v) is 4.50. The maximum atomic E-state index is 4.55. The number of amidine groups is 1. The van der Waals surface area contributed by atoms with Gasteiger partial charge < -0.3 is 5.32 Å². The molecule has 0 aliphatic carbocycles. The number of hydrogen-bond donors (Lipinski definition) is 1. The van der Waals surface area contributed by atoms with Gasteiger partial charge in [0.25, 0.3) is 0 Å². The van der Waals surface area contributed by atoms with E-state index < -0.39 is 0 Å². The fraction of sp³-hybridized carbons (Fsp3) is 0.364. The molecule has 0 spiro atoms. The Kier molecular flexibility index (Phi) is 3.09. The van der Waals surface area contributed by atoms with Gasteiger partial charge in [-0.05, 0) is 25.5 Å². The average Bonchev–Trinajstić information content (AvgIpc) is 2.19. The van der Waals surface area contributed by atoms with E-state index in [0.29, 0.717) is 6.04 Å². The van der Waals surface area contributed by atoms with Crippen molar-refractivity contribution in [1.29, 1.82) is 0 Å². The fourth-order valence-corrected chi connectivity index (χ4v) is 2.44. The molecule has 0 fully saturated rings. The van der Waals surface area contributed by atoms with Gasteiger partial charge in [0.2, 0.25) is 0 Å². The number of nitrogens with zero attached hydrogens (tertiary/aromatic N) is 1. The van der Waals surface area contributed by atoms with Crippen molar-refractivity contribution in [2.24, 2.45) is 4.99 Å². The van der Waals surface area contributed by atoms with Crippen LogP contribution in [0.25, 0.3) is 0 Å². The lowest BCUT2D eigenvalue weighted by Crippen LogP contribution is -2.17. The van der Waals surface area contributed by atoms with Gasteiger partial charge in [0, 0.05) is 11.4 Å². The van der Waals surface area contributed by atoms with Crippen LogP contribution in [0.3, 0.4) is 0 Å². The third-order valence-corrected chi connectivity index (χ3v) is 3.06. The van der Waals surface area contributed by atoms with Crippen LogP contribution in [-0.2, 0) is 0 Å². The summed E-state index contributed by atoms with van der Waals surface area (Å²) in [7, 11) is 0. The summed E-state index contributed by atoms with van der Waals surface area (Å²) in [5.41, 5.74) is 1.12. The molecule has 1 unspecified atom stereocenters. The largest absolute Gasteiger partial charge is 0.335 e. The molecule has 1 heterocycles. The molecule has 14 heavy (non-hydrogen) atoms. The van der Waals surface area contributed by atoms with Gasteiger partial charge in [0.05, 0.1) is 6.04 Å². The zero-order valence-corrected chi connectivity index (χ0v) is 9.05. The third kappa shape index (κ3) is 2.51. The van der Waals surface area contributed by atoms with Crippen LogP contribution in [0.15, 0.2) is 35.3 Å². The minimum atomic E-state index is 0.461. The molecule has 0 radical (unpaired) electrons. The molecule has 3 heteroatoms. The van der Waals surface area contributed by atoms with E-state index in [1.807, 2.05) is 18.2 Å². The summed E-state index contributed by atoms with van der Waals surface area (Å²) >= 11 is 1.80. The summed E-state index contributed by atoms with van der Waals surface area (Å²) < 4.78 is 0. The van der Waals surface area contributed by atoms with Gasteiger partial charge in [-0.25, -0.2) is 0 Å². The topological polar surface area (TPSA) is 24.4 Å². The van der Waals surface area contributed by atoms with E-state index in [9.17, 15) is 0 Å². The Morgan fingerprint density at radius 1 is 1.36 bits per heavy atom. The smallest absolute Gasteiger partial charge is 0.161 e. The highest BCUT2D eigenvalue weighted by Crippen LogP contribution is 2.19. The molecule has 1 aromatic rings. The number of aliphatic imine (C=N–C) groups is 1. The number of benzene rings is 1. The Labute approximate surface area is 88.8 Å². The normalized spacial score (nSPS) is 21.5. The summed E-state index contributed by atoms with van der Waals surface area (Å²) in [6, 6.07) is 10.6. The van der Waals surface area contributed by atoms with Crippen molar-refractivity contribution in [1.82, 2.24) is 0 Å². The first-order chi connectivity index (χ1) is 6.84. The number of nitrogens with one attached hydrogen (secondary N) is 1. The second-order valence-electron chi connectivity index (χ2n) is 3.41. The summed E-state index contributed by atoms with van der Waals surface area (Å²) in [6.45, 7) is 2.16. The maximum Gasteiger partial charge on any atom is 0.161 e. The van der Waals surface area contributed by atoms with Gasteiger partial charge in [-0.15, -0.1) is 0 Å². The van der Waals surface area contributed by atoms with Crippen LogP contribution in [-0.4, -0.2) is 17.0 Å². The van der Waals surface area contributed by atoms with Crippen molar-refractivity contribution < 1.29 is 0 Å². The van der Waals surface area contributed by atoms with E-state index in [1.165, 1.54) is 12.2 Å². The van der Waals surface area contributed by atoms with Crippen molar-refractivity contribution in [3.8, 4) is 0 Å². The molecule has 0 bridgehead atoms. The van der Waals surface area contributed by atoms with Gasteiger partial charge in [-0.2, -0.15) is 0 Å². The van der Waals surface area contributed by atoms with Gasteiger partial charge in [0.1, 0.15) is 0 Å². The predicted molar refractivity (Wildman–Crippen MR) is 64.0 cm³/mol. The van der Waals surface area contributed by atoms with Gasteiger partial charge >= 0.3 is 0 Å². The molecule has 1 aromatic carbocycles. The van der Waals surface area contributed by atoms with E-state index in [2.05, 4.69) is 29.4 Å². The Bertz CT molecular complexity index is 321. The molecule has 0 aromatic heterocycles. The van der Waals surface area contributed by atoms with Crippen LogP contribution < -0.4 is 5.32 Å². The van der Waals surface area contributed by atoms with Crippen LogP contribution >= 0.6 is 11.8 Å². The highest BCUT2D eigenvalue weighted by molar-refractivity contribution is 8.14. The molecule has 2 nitrogen and oxygen atoms in total. The van der Waals surface area contributed by atoms with Crippen molar-refractivity contribution in [2.75, 3.05) is 11.1 Å². The molecular weight excluding hydrogens is 192 g/mol. The lowest BCUT2D eigenvalue weighted by Gasteiger charge is -2.17. The van der Waals surface area contributed by atoms with E-state index in [1.54, 1.807) is 11.8 Å². The third-order valence-electron chi connectivity index (χ3n) is 2.14. The second kappa shape index (κ2) is 4.51. The lowest BCUT2D eigenvalue weighted by atomic mass is 10.3. The fourth-order valence-electron chi connectivity index (χ4n) is 1.34. The minimum Gasteiger partial charge on any atom is -0.335 e. The summed E-state index contributed by atoms with van der Waals surface area (Å²) in [5.74, 6) is 1.17. The zero-order valence-electron chi connectivity index (χ0n) is 8.23. The Morgan fingerprint density at radius 3 is 2.86 bits per heavy atom. The minimum absolute atomic E-state index is 0.461. The molecule has 0 saturated heterocycles. The van der Waals surface area contributed by atoms with Gasteiger partial charge in [-0.1, -0.05) is 30.0 Å². The summed E-state index contributed by atoms with van der Waals surface area (Å²) in [6.07, 6.45) is 1.19. The van der Waals surface area contributed by atoms with E-state index in [4.69, 9.17) is 0 Å². The summed E-state index contributed by atoms with van der Waals surface area (Å²) in [4.78, 5) is 4.55. The Hall–Kier alpha value is -0.960. The van der Waals surface area contributed by atoms with Crippen molar-refractivity contribution in [2.45, 2.75) is 19.4 Å². The van der Waals surface area contributed by atoms with Crippen molar-refractivity contribution >= 4 is 22.6 Å². The van der Waals surface area contributed by atoms with Crippen LogP contribution in [0.2, 0.25) is 0 Å². The molecule has 1 aliphatic rings. The zero-order chi connectivity index (χ0) is 9.80. The quantitative estimate of drug-likeness (QED) is 0.764. The lowest BCUT2D eigenvalue weighted by molar-refractivity contribution is 0.720. The molecule has 1 aliphatic heterocycles. The van der Waals surface area contributed by atoms with E-state index in [0.717, 1.165) is 10.9 Å². The van der Waals surface area contributed by atoms with Crippen molar-refractivity contribution in [3.63, 3.8) is 0 Å². The Morgan fingerprint density at radius 2 is 2.14 bits per heavy atom. The predicted octanol–water partition coefficient (Wildman–Crippen LogP) is 2.98. The maximum absolute atomic E-state index is 4.55. The molecule has 0 saturated carbocycles. The van der Waals surface area contributed by atoms with E-state index in [-0.39, 0.29) is 0 Å². The number of anilines is 1. The van der Waals surface area contributed by atoms with Crippen LogP contribution in [0, 0.1) is 0 Å². The molecular formula is C11H14N2S. The van der Waals surface area contributed by atoms with Crippen LogP contribution in [0.1, 0.15) is 13.3 Å². The first-order valence-electron chi connectivity index (χ1n) is 4.87. The van der Waals surface area contributed by atoms with Crippen LogP contribution in [0.4, 0.5) is 5.69 Å². The molecule has 1 N–H and O–H groups in total. The number of thioether (sulfide) groups is 1. The number of para-hydroxylation sites is 1. The number of rotatable bonds is 1. The average molecular weight is 206 g/mol. The first-order valence-corrected chi connectivity index (χ1v) is 5.86. The van der Waals surface area contributed by atoms with Gasteiger partial charge in [-0.3, -0.25) is 4.99 Å². The molecule has 74 valence electrons. The molecule has 2 rings (SSSR count).